The summed E-state index contributed by atoms with van der Waals surface area (Å²) in [5, 5.41) is 18.4. The number of aromatic nitrogens is 1. The predicted octanol–water partition coefficient (Wildman–Crippen LogP) is 5.70. The van der Waals surface area contributed by atoms with E-state index in [1.54, 1.807) is 17.5 Å². The molecule has 4 atom stereocenters. The lowest BCUT2D eigenvalue weighted by Crippen LogP contribution is -2.44. The normalized spacial score (nSPS) is 13.4. The zero-order valence-corrected chi connectivity index (χ0v) is 40.5. The highest BCUT2D eigenvalue weighted by Gasteiger charge is 2.31. The van der Waals surface area contributed by atoms with Crippen LogP contribution >= 0.6 is 11.3 Å². The molecule has 3 amide bonds. The molecule has 366 valence electrons. The van der Waals surface area contributed by atoms with Crippen molar-refractivity contribution < 1.29 is 52.6 Å². The van der Waals surface area contributed by atoms with Crippen molar-refractivity contribution in [2.24, 2.45) is 17.6 Å². The number of phenols is 1. The van der Waals surface area contributed by atoms with Crippen molar-refractivity contribution in [3.05, 3.63) is 45.9 Å². The molecule has 0 aliphatic heterocycles. The Labute approximate surface area is 386 Å². The van der Waals surface area contributed by atoms with Gasteiger partial charge in [-0.1, -0.05) is 60.1 Å². The molecule has 0 radical (unpaired) electrons. The summed E-state index contributed by atoms with van der Waals surface area (Å²) in [6.45, 7) is 19.9. The van der Waals surface area contributed by atoms with Crippen LogP contribution in [-0.2, 0) is 49.2 Å². The van der Waals surface area contributed by atoms with Crippen molar-refractivity contribution in [1.29, 1.82) is 0 Å². The lowest BCUT2D eigenvalue weighted by molar-refractivity contribution is -0.135. The summed E-state index contributed by atoms with van der Waals surface area (Å²) in [4.78, 5) is 47.2. The number of unbranched alkanes of at least 4 members (excludes halogenated alkanes) is 1. The maximum atomic E-state index is 13.8. The summed E-state index contributed by atoms with van der Waals surface area (Å²) in [6, 6.07) is 6.39. The Kier molecular flexibility index (Phi) is 31.9. The van der Waals surface area contributed by atoms with E-state index in [0.717, 1.165) is 31.2 Å². The second-order valence-electron chi connectivity index (χ2n) is 16.1. The second-order valence-corrected chi connectivity index (χ2v) is 17.0. The van der Waals surface area contributed by atoms with E-state index in [9.17, 15) is 19.5 Å². The average molecular weight is 924 g/mol. The first kappa shape index (κ1) is 56.9. The lowest BCUT2D eigenvalue weighted by atomic mass is 9.95. The van der Waals surface area contributed by atoms with Gasteiger partial charge in [-0.05, 0) is 55.7 Å². The topological polar surface area (TPSA) is 202 Å². The molecule has 2 aromatic rings. The first-order valence-electron chi connectivity index (χ1n) is 23.4. The molecule has 5 N–H and O–H groups in total. The van der Waals surface area contributed by atoms with Crippen LogP contribution in [0.25, 0.3) is 0 Å². The van der Waals surface area contributed by atoms with Crippen molar-refractivity contribution in [1.82, 2.24) is 20.5 Å². The maximum Gasteiger partial charge on any atom is 0.270 e. The number of nitrogens with one attached hydrogen (secondary N) is 2. The van der Waals surface area contributed by atoms with Crippen molar-refractivity contribution in [3.8, 4) is 5.75 Å². The molecule has 2 rings (SSSR count). The number of nitrogens with two attached hydrogens (primary N) is 1. The van der Waals surface area contributed by atoms with E-state index in [1.165, 1.54) is 11.3 Å². The molecule has 1 heterocycles. The Bertz CT molecular complexity index is 1500. The number of thiazole rings is 1. The van der Waals surface area contributed by atoms with E-state index in [2.05, 4.69) is 45.3 Å². The minimum Gasteiger partial charge on any atom is -0.508 e. The molecule has 0 saturated carbocycles. The number of nitrogens with zero attached hydrogens (tertiary/aromatic N) is 2. The van der Waals surface area contributed by atoms with Crippen LogP contribution in [0.2, 0.25) is 0 Å². The summed E-state index contributed by atoms with van der Waals surface area (Å²) in [5.74, 6) is -0.398. The first-order valence-corrected chi connectivity index (χ1v) is 24.3. The summed E-state index contributed by atoms with van der Waals surface area (Å²) in [5.41, 5.74) is 6.55. The number of amides is 3. The number of ether oxygens (including phenoxy) is 7. The van der Waals surface area contributed by atoms with Crippen LogP contribution < -0.4 is 16.4 Å². The van der Waals surface area contributed by atoms with Gasteiger partial charge in [0.1, 0.15) is 22.6 Å². The summed E-state index contributed by atoms with van der Waals surface area (Å²) >= 11 is 1.39. The fourth-order valence-electron chi connectivity index (χ4n) is 6.82. The van der Waals surface area contributed by atoms with Crippen molar-refractivity contribution in [2.75, 3.05) is 106 Å². The van der Waals surface area contributed by atoms with Crippen molar-refractivity contribution in [3.63, 3.8) is 0 Å². The zero-order chi connectivity index (χ0) is 46.8. The van der Waals surface area contributed by atoms with E-state index in [0.29, 0.717) is 136 Å². The highest BCUT2D eigenvalue weighted by atomic mass is 32.1. The molecule has 17 heteroatoms. The molecule has 0 aliphatic rings. The van der Waals surface area contributed by atoms with Gasteiger partial charge in [0.15, 0.2) is 0 Å². The largest absolute Gasteiger partial charge is 0.508 e. The van der Waals surface area contributed by atoms with E-state index in [1.807, 2.05) is 24.0 Å². The third kappa shape index (κ3) is 24.9. The van der Waals surface area contributed by atoms with Gasteiger partial charge in [0.25, 0.3) is 5.91 Å². The molecular weight excluding hydrogens is 843 g/mol. The molecule has 0 fully saturated rings. The molecular formula is C47H81N5O11S. The molecule has 0 aliphatic carbocycles. The number of benzene rings is 1. The molecule has 16 nitrogen and oxygen atoms in total. The molecule has 0 saturated heterocycles. The number of aromatic hydroxyl groups is 1. The Morgan fingerprint density at radius 1 is 0.766 bits per heavy atom. The van der Waals surface area contributed by atoms with E-state index in [-0.39, 0.29) is 47.2 Å². The Hall–Kier alpha value is -3.26. The summed E-state index contributed by atoms with van der Waals surface area (Å²) in [7, 11) is 0. The SMILES string of the molecule is CCCCC(=O)N(CCC)C(CC(OCCC)c1nc(C(=O)NC(Cc2ccc(O)cc2)C[C@H](C)C(=O)NCCOCCOCCOCCOCCOCCOCCN)cs1)C(C)C. The Morgan fingerprint density at radius 3 is 1.88 bits per heavy atom. The van der Waals surface area contributed by atoms with E-state index in [4.69, 9.17) is 43.9 Å². The van der Waals surface area contributed by atoms with Gasteiger partial charge in [-0.2, -0.15) is 0 Å². The maximum absolute atomic E-state index is 13.8. The van der Waals surface area contributed by atoms with Crippen LogP contribution in [0.5, 0.6) is 5.75 Å². The molecule has 0 bridgehead atoms. The van der Waals surface area contributed by atoms with Gasteiger partial charge >= 0.3 is 0 Å². The van der Waals surface area contributed by atoms with Crippen LogP contribution in [-0.4, -0.2) is 150 Å². The fraction of sp³-hybridized carbons (Fsp3) is 0.745. The minimum absolute atomic E-state index is 0.0425. The van der Waals surface area contributed by atoms with Crippen LogP contribution in [0.4, 0.5) is 0 Å². The number of phenolic OH excluding ortho intramolecular Hbond substituents is 1. The van der Waals surface area contributed by atoms with Crippen LogP contribution in [0.3, 0.4) is 0 Å². The van der Waals surface area contributed by atoms with Crippen molar-refractivity contribution in [2.45, 2.75) is 111 Å². The number of hydrogen-bond acceptors (Lipinski definition) is 14. The van der Waals surface area contributed by atoms with Gasteiger partial charge in [-0.3, -0.25) is 14.4 Å². The van der Waals surface area contributed by atoms with Crippen molar-refractivity contribution >= 4 is 29.1 Å². The third-order valence-electron chi connectivity index (χ3n) is 10.2. The highest BCUT2D eigenvalue weighted by Crippen LogP contribution is 2.31. The van der Waals surface area contributed by atoms with E-state index < -0.39 is 12.0 Å². The van der Waals surface area contributed by atoms with Crippen LogP contribution in [0, 0.1) is 11.8 Å². The van der Waals surface area contributed by atoms with Gasteiger partial charge in [0.05, 0.1) is 79.3 Å². The summed E-state index contributed by atoms with van der Waals surface area (Å²) < 4.78 is 39.2. The lowest BCUT2D eigenvalue weighted by Gasteiger charge is -2.36. The first-order chi connectivity index (χ1) is 31.0. The number of carbonyl (C=O) groups excluding carboxylic acids is 3. The minimum atomic E-state index is -0.423. The predicted molar refractivity (Wildman–Crippen MR) is 250 cm³/mol. The zero-order valence-electron chi connectivity index (χ0n) is 39.7. The monoisotopic (exact) mass is 924 g/mol. The standard InChI is InChI=1S/C47H81N5O11S/c1-7-10-11-44(54)52(18-8-2)42(36(4)5)34-43(63-19-9-3)47-51-41(35-64-47)46(56)50-39(33-38-12-14-40(53)15-13-38)32-37(6)45(55)49-17-21-58-23-25-60-27-29-62-31-30-61-28-26-59-24-22-57-20-16-48/h12-15,35-37,39,42-43,53H,7-11,16-34,48H2,1-6H3,(H,49,55)(H,50,56)/t37-,39?,42?,43?/m0/s1. The van der Waals surface area contributed by atoms with Gasteiger partial charge in [-0.25, -0.2) is 4.98 Å². The molecule has 64 heavy (non-hydrogen) atoms. The van der Waals surface area contributed by atoms with Gasteiger partial charge in [-0.15, -0.1) is 11.3 Å². The third-order valence-corrected chi connectivity index (χ3v) is 11.2. The fourth-order valence-corrected chi connectivity index (χ4v) is 7.67. The number of rotatable bonds is 40. The quantitative estimate of drug-likeness (QED) is 0.0594. The highest BCUT2D eigenvalue weighted by molar-refractivity contribution is 7.09. The van der Waals surface area contributed by atoms with Gasteiger partial charge in [0, 0.05) is 62.5 Å². The van der Waals surface area contributed by atoms with E-state index >= 15 is 0 Å². The average Bonchev–Trinajstić information content (AvgIpc) is 3.78. The molecule has 0 spiro atoms. The number of carbonyl (C=O) groups is 3. The number of hydrogen-bond donors (Lipinski definition) is 4. The molecule has 1 aromatic carbocycles. The van der Waals surface area contributed by atoms with Crippen LogP contribution in [0.15, 0.2) is 29.6 Å². The van der Waals surface area contributed by atoms with Gasteiger partial charge in [0.2, 0.25) is 11.8 Å². The Morgan fingerprint density at radius 2 is 1.34 bits per heavy atom. The summed E-state index contributed by atoms with van der Waals surface area (Å²) in [6.07, 6.45) is 5.05. The molecule has 1 aromatic heterocycles. The Balaban J connectivity index is 1.87. The molecule has 3 unspecified atom stereocenters. The smallest absolute Gasteiger partial charge is 0.270 e. The van der Waals surface area contributed by atoms with Crippen LogP contribution in [0.1, 0.15) is 114 Å². The second kappa shape index (κ2) is 35.9. The van der Waals surface area contributed by atoms with Gasteiger partial charge < -0.3 is 59.5 Å².